The lowest BCUT2D eigenvalue weighted by Crippen LogP contribution is -2.35. The van der Waals surface area contributed by atoms with E-state index in [9.17, 15) is 14.0 Å². The molecule has 8 heteroatoms. The third-order valence-electron chi connectivity index (χ3n) is 5.41. The van der Waals surface area contributed by atoms with Gasteiger partial charge in [-0.1, -0.05) is 11.6 Å². The van der Waals surface area contributed by atoms with E-state index in [1.54, 1.807) is 17.0 Å². The Hall–Kier alpha value is -2.80. The van der Waals surface area contributed by atoms with Crippen molar-refractivity contribution in [3.63, 3.8) is 0 Å². The Morgan fingerprint density at radius 1 is 1.00 bits per heavy atom. The third kappa shape index (κ3) is 5.67. The molecule has 31 heavy (non-hydrogen) atoms. The van der Waals surface area contributed by atoms with Gasteiger partial charge < -0.3 is 20.4 Å². The number of halogens is 2. The van der Waals surface area contributed by atoms with Crippen molar-refractivity contribution < 1.29 is 14.0 Å². The molecule has 166 valence electrons. The number of anilines is 3. The molecule has 1 aliphatic rings. The number of hydrogen-bond donors (Lipinski definition) is 2. The molecule has 3 amide bonds. The number of hydrogen-bond acceptors (Lipinski definition) is 3. The minimum atomic E-state index is -0.555. The number of urea groups is 1. The van der Waals surface area contributed by atoms with E-state index >= 15 is 0 Å². The van der Waals surface area contributed by atoms with Crippen LogP contribution in [0.3, 0.4) is 0 Å². The van der Waals surface area contributed by atoms with E-state index in [1.807, 2.05) is 19.9 Å². The summed E-state index contributed by atoms with van der Waals surface area (Å²) >= 11 is 5.77. The molecular formula is C23H28ClFN4O2. The van der Waals surface area contributed by atoms with Gasteiger partial charge in [-0.3, -0.25) is 4.79 Å². The van der Waals surface area contributed by atoms with Crippen molar-refractivity contribution in [3.05, 3.63) is 52.8 Å². The number of amides is 3. The second-order valence-corrected chi connectivity index (χ2v) is 7.87. The second-order valence-electron chi connectivity index (χ2n) is 7.47. The number of nitrogens with zero attached hydrogens (tertiary/aromatic N) is 2. The first-order chi connectivity index (χ1) is 14.9. The highest BCUT2D eigenvalue weighted by atomic mass is 35.5. The maximum Gasteiger partial charge on any atom is 0.323 e. The molecule has 0 radical (unpaired) electrons. The molecule has 3 rings (SSSR count). The van der Waals surface area contributed by atoms with E-state index in [0.717, 1.165) is 31.6 Å². The SMILES string of the molecule is CCN(CC)C(=O)c1cc(NC(=O)Nc2ccc(F)c(Cl)c2)ccc1N1CCCCC1. The van der Waals surface area contributed by atoms with Gasteiger partial charge in [0.1, 0.15) is 5.82 Å². The molecule has 0 aromatic heterocycles. The third-order valence-corrected chi connectivity index (χ3v) is 5.70. The summed E-state index contributed by atoms with van der Waals surface area (Å²) in [5.74, 6) is -0.611. The summed E-state index contributed by atoms with van der Waals surface area (Å²) < 4.78 is 13.3. The van der Waals surface area contributed by atoms with E-state index in [2.05, 4.69) is 15.5 Å². The number of piperidine rings is 1. The van der Waals surface area contributed by atoms with Crippen LogP contribution >= 0.6 is 11.6 Å². The molecule has 1 fully saturated rings. The Bertz CT molecular complexity index is 943. The van der Waals surface area contributed by atoms with Gasteiger partial charge in [0.15, 0.2) is 0 Å². The normalized spacial score (nSPS) is 13.6. The highest BCUT2D eigenvalue weighted by Gasteiger charge is 2.22. The smallest absolute Gasteiger partial charge is 0.323 e. The van der Waals surface area contributed by atoms with E-state index in [1.165, 1.54) is 24.6 Å². The lowest BCUT2D eigenvalue weighted by atomic mass is 10.1. The molecule has 2 aromatic carbocycles. The Morgan fingerprint density at radius 3 is 2.23 bits per heavy atom. The summed E-state index contributed by atoms with van der Waals surface area (Å²) in [6.45, 7) is 6.95. The molecule has 0 saturated carbocycles. The van der Waals surface area contributed by atoms with E-state index < -0.39 is 11.8 Å². The molecule has 6 nitrogen and oxygen atoms in total. The Kier molecular flexibility index (Phi) is 7.74. The van der Waals surface area contributed by atoms with Crippen LogP contribution in [0.2, 0.25) is 5.02 Å². The van der Waals surface area contributed by atoms with Gasteiger partial charge in [-0.05, 0) is 69.5 Å². The number of rotatable bonds is 6. The Balaban J connectivity index is 1.83. The van der Waals surface area contributed by atoms with Crippen molar-refractivity contribution in [1.82, 2.24) is 4.90 Å². The van der Waals surface area contributed by atoms with Crippen LogP contribution in [0.5, 0.6) is 0 Å². The fourth-order valence-corrected chi connectivity index (χ4v) is 3.92. The largest absolute Gasteiger partial charge is 0.371 e. The molecule has 0 atom stereocenters. The summed E-state index contributed by atoms with van der Waals surface area (Å²) in [7, 11) is 0. The molecule has 0 aliphatic carbocycles. The first-order valence-electron chi connectivity index (χ1n) is 10.6. The summed E-state index contributed by atoms with van der Waals surface area (Å²) in [4.78, 5) is 29.6. The van der Waals surface area contributed by atoms with Gasteiger partial charge in [0.05, 0.1) is 10.6 Å². The monoisotopic (exact) mass is 446 g/mol. The summed E-state index contributed by atoms with van der Waals surface area (Å²) in [5.41, 5.74) is 2.34. The van der Waals surface area contributed by atoms with Crippen LogP contribution in [0, 0.1) is 5.82 Å². The van der Waals surface area contributed by atoms with Crippen molar-refractivity contribution >= 4 is 40.6 Å². The molecule has 1 saturated heterocycles. The molecule has 1 heterocycles. The molecule has 0 bridgehead atoms. The average molecular weight is 447 g/mol. The van der Waals surface area contributed by atoms with Crippen molar-refractivity contribution in [2.75, 3.05) is 41.7 Å². The van der Waals surface area contributed by atoms with Gasteiger partial charge in [-0.25, -0.2) is 9.18 Å². The number of nitrogens with one attached hydrogen (secondary N) is 2. The van der Waals surface area contributed by atoms with Gasteiger partial charge in [-0.15, -0.1) is 0 Å². The zero-order valence-electron chi connectivity index (χ0n) is 17.9. The van der Waals surface area contributed by atoms with Crippen molar-refractivity contribution in [2.24, 2.45) is 0 Å². The predicted molar refractivity (Wildman–Crippen MR) is 124 cm³/mol. The van der Waals surface area contributed by atoms with Gasteiger partial charge in [-0.2, -0.15) is 0 Å². The molecule has 2 N–H and O–H groups in total. The van der Waals surface area contributed by atoms with Crippen LogP contribution in [0.25, 0.3) is 0 Å². The maximum absolute atomic E-state index is 13.3. The van der Waals surface area contributed by atoms with E-state index in [4.69, 9.17) is 11.6 Å². The highest BCUT2D eigenvalue weighted by Crippen LogP contribution is 2.28. The maximum atomic E-state index is 13.3. The standard InChI is InChI=1S/C23H28ClFN4O2/c1-3-28(4-2)22(30)18-14-16(9-11-21(18)29-12-6-5-7-13-29)26-23(31)27-17-8-10-20(25)19(24)15-17/h8-11,14-15H,3-7,12-13H2,1-2H3,(H2,26,27,31). The minimum absolute atomic E-state index is 0.0556. The number of carbonyl (C=O) groups excluding carboxylic acids is 2. The van der Waals surface area contributed by atoms with Gasteiger partial charge >= 0.3 is 6.03 Å². The molecule has 0 unspecified atom stereocenters. The topological polar surface area (TPSA) is 64.7 Å². The van der Waals surface area contributed by atoms with Crippen LogP contribution < -0.4 is 15.5 Å². The Labute approximate surface area is 187 Å². The van der Waals surface area contributed by atoms with Gasteiger partial charge in [0.25, 0.3) is 5.91 Å². The molecule has 0 spiro atoms. The van der Waals surface area contributed by atoms with E-state index in [-0.39, 0.29) is 10.9 Å². The number of benzene rings is 2. The van der Waals surface area contributed by atoms with Crippen molar-refractivity contribution in [3.8, 4) is 0 Å². The van der Waals surface area contributed by atoms with Gasteiger partial charge in [0, 0.05) is 43.2 Å². The number of carbonyl (C=O) groups is 2. The summed E-state index contributed by atoms with van der Waals surface area (Å²) in [6, 6.07) is 8.86. The quantitative estimate of drug-likeness (QED) is 0.607. The summed E-state index contributed by atoms with van der Waals surface area (Å²) in [5, 5.41) is 5.30. The second kappa shape index (κ2) is 10.5. The highest BCUT2D eigenvalue weighted by molar-refractivity contribution is 6.31. The van der Waals surface area contributed by atoms with E-state index in [0.29, 0.717) is 30.0 Å². The van der Waals surface area contributed by atoms with Gasteiger partial charge in [0.2, 0.25) is 0 Å². The minimum Gasteiger partial charge on any atom is -0.371 e. The average Bonchev–Trinajstić information content (AvgIpc) is 2.77. The lowest BCUT2D eigenvalue weighted by molar-refractivity contribution is 0.0773. The zero-order valence-corrected chi connectivity index (χ0v) is 18.6. The van der Waals surface area contributed by atoms with Crippen LogP contribution in [0.4, 0.5) is 26.2 Å². The molecule has 2 aromatic rings. The van der Waals surface area contributed by atoms with Crippen LogP contribution in [-0.4, -0.2) is 43.0 Å². The molecular weight excluding hydrogens is 419 g/mol. The van der Waals surface area contributed by atoms with Crippen LogP contribution in [0.15, 0.2) is 36.4 Å². The first-order valence-corrected chi connectivity index (χ1v) is 11.0. The van der Waals surface area contributed by atoms with Crippen molar-refractivity contribution in [2.45, 2.75) is 33.1 Å². The lowest BCUT2D eigenvalue weighted by Gasteiger charge is -2.31. The fraction of sp³-hybridized carbons (Fsp3) is 0.391. The van der Waals surface area contributed by atoms with Crippen LogP contribution in [0.1, 0.15) is 43.5 Å². The Morgan fingerprint density at radius 2 is 1.61 bits per heavy atom. The predicted octanol–water partition coefficient (Wildman–Crippen LogP) is 5.60. The zero-order chi connectivity index (χ0) is 22.4. The first kappa shape index (κ1) is 22.9. The van der Waals surface area contributed by atoms with Crippen LogP contribution in [-0.2, 0) is 0 Å². The summed E-state index contributed by atoms with van der Waals surface area (Å²) in [6.07, 6.45) is 3.39. The fourth-order valence-electron chi connectivity index (χ4n) is 3.74. The molecule has 1 aliphatic heterocycles. The van der Waals surface area contributed by atoms with Crippen molar-refractivity contribution in [1.29, 1.82) is 0 Å².